The van der Waals surface area contributed by atoms with Gasteiger partial charge >= 0.3 is 0 Å². The van der Waals surface area contributed by atoms with Crippen LogP contribution >= 0.6 is 0 Å². The maximum Gasteiger partial charge on any atom is 0.225 e. The Morgan fingerprint density at radius 1 is 1.47 bits per heavy atom. The molecular formula is C12H15NO3S. The molecule has 2 rings (SSSR count). The molecule has 1 N–H and O–H groups in total. The first kappa shape index (κ1) is 12.1. The molecule has 0 fully saturated rings. The van der Waals surface area contributed by atoms with Crippen molar-refractivity contribution in [1.82, 2.24) is 0 Å². The largest absolute Gasteiger partial charge is 0.491 e. The van der Waals surface area contributed by atoms with Crippen LogP contribution in [0.3, 0.4) is 0 Å². The number of rotatable bonds is 3. The lowest BCUT2D eigenvalue weighted by Gasteiger charge is -2.12. The highest BCUT2D eigenvalue weighted by Crippen LogP contribution is 2.33. The zero-order valence-electron chi connectivity index (χ0n) is 9.69. The van der Waals surface area contributed by atoms with Gasteiger partial charge in [0, 0.05) is 12.2 Å². The van der Waals surface area contributed by atoms with Crippen LogP contribution in [0.1, 0.15) is 19.8 Å². The van der Waals surface area contributed by atoms with Crippen LogP contribution in [0.2, 0.25) is 0 Å². The smallest absolute Gasteiger partial charge is 0.225 e. The fraction of sp³-hybridized carbons (Fsp3) is 0.417. The Kier molecular flexibility index (Phi) is 3.78. The summed E-state index contributed by atoms with van der Waals surface area (Å²) in [6.45, 7) is 2.59. The monoisotopic (exact) mass is 253 g/mol. The lowest BCUT2D eigenvalue weighted by atomic mass is 10.3. The average Bonchev–Trinajstić information content (AvgIpc) is 2.47. The zero-order valence-corrected chi connectivity index (χ0v) is 10.5. The third kappa shape index (κ3) is 2.66. The normalized spacial score (nSPS) is 19.1. The topological polar surface area (TPSA) is 55.4 Å². The fourth-order valence-corrected chi connectivity index (χ4v) is 2.85. The molecule has 92 valence electrons. The van der Waals surface area contributed by atoms with E-state index >= 15 is 0 Å². The number of amides is 1. The van der Waals surface area contributed by atoms with Crippen LogP contribution < -0.4 is 10.1 Å². The summed E-state index contributed by atoms with van der Waals surface area (Å²) >= 11 is 0. The molecule has 1 aromatic rings. The van der Waals surface area contributed by atoms with Crippen molar-refractivity contribution >= 4 is 22.4 Å². The molecule has 0 aliphatic carbocycles. The number of benzene rings is 1. The molecule has 1 aliphatic heterocycles. The Hall–Kier alpha value is -1.36. The summed E-state index contributed by atoms with van der Waals surface area (Å²) in [5.74, 6) is 0.869. The number of anilines is 1. The van der Waals surface area contributed by atoms with Gasteiger partial charge in [0.2, 0.25) is 5.91 Å². The third-order valence-electron chi connectivity index (χ3n) is 2.47. The number of carbonyl (C=O) groups excluding carboxylic acids is 1. The molecule has 0 saturated carbocycles. The van der Waals surface area contributed by atoms with Crippen molar-refractivity contribution in [3.05, 3.63) is 18.2 Å². The molecule has 0 bridgehead atoms. The van der Waals surface area contributed by atoms with Crippen molar-refractivity contribution in [3.8, 4) is 5.75 Å². The molecular weight excluding hydrogens is 238 g/mol. The maximum atomic E-state index is 11.9. The molecule has 5 heteroatoms. The van der Waals surface area contributed by atoms with E-state index in [2.05, 4.69) is 5.32 Å². The van der Waals surface area contributed by atoms with Crippen LogP contribution in [0, 0.1) is 0 Å². The molecule has 17 heavy (non-hydrogen) atoms. The number of hydrogen-bond acceptors (Lipinski definition) is 3. The Bertz CT molecular complexity index is 459. The van der Waals surface area contributed by atoms with Gasteiger partial charge in [0.05, 0.1) is 28.0 Å². The van der Waals surface area contributed by atoms with E-state index in [1.54, 1.807) is 18.2 Å². The molecule has 1 aromatic carbocycles. The van der Waals surface area contributed by atoms with E-state index in [0.717, 1.165) is 6.42 Å². The van der Waals surface area contributed by atoms with Crippen LogP contribution in [0.4, 0.5) is 5.69 Å². The van der Waals surface area contributed by atoms with E-state index in [9.17, 15) is 9.00 Å². The summed E-state index contributed by atoms with van der Waals surface area (Å²) in [4.78, 5) is 12.2. The number of fused-ring (bicyclic) bond motifs is 1. The van der Waals surface area contributed by atoms with Gasteiger partial charge in [-0.1, -0.05) is 13.0 Å². The molecule has 1 unspecified atom stereocenters. The SMILES string of the molecule is CCCOc1cccc2c1NC(=O)CCS2=O. The van der Waals surface area contributed by atoms with Crippen LogP contribution in [0.5, 0.6) is 5.75 Å². The van der Waals surface area contributed by atoms with E-state index in [-0.39, 0.29) is 12.3 Å². The number of ether oxygens (including phenoxy) is 1. The van der Waals surface area contributed by atoms with E-state index < -0.39 is 10.8 Å². The summed E-state index contributed by atoms with van der Waals surface area (Å²) in [6.07, 6.45) is 1.18. The second kappa shape index (κ2) is 5.31. The van der Waals surface area contributed by atoms with E-state index in [0.29, 0.717) is 28.7 Å². The Balaban J connectivity index is 2.39. The van der Waals surface area contributed by atoms with Crippen LogP contribution in [-0.4, -0.2) is 22.5 Å². The van der Waals surface area contributed by atoms with E-state index in [4.69, 9.17) is 4.74 Å². The summed E-state index contributed by atoms with van der Waals surface area (Å²) < 4.78 is 17.5. The van der Waals surface area contributed by atoms with Gasteiger partial charge in [0.1, 0.15) is 5.75 Å². The lowest BCUT2D eigenvalue weighted by molar-refractivity contribution is -0.115. The molecule has 0 radical (unpaired) electrons. The van der Waals surface area contributed by atoms with E-state index in [1.807, 2.05) is 6.92 Å². The second-order valence-electron chi connectivity index (χ2n) is 3.83. The van der Waals surface area contributed by atoms with Crippen LogP contribution in [0.25, 0.3) is 0 Å². The minimum Gasteiger partial charge on any atom is -0.491 e. The van der Waals surface area contributed by atoms with Gasteiger partial charge in [0.25, 0.3) is 0 Å². The molecule has 1 heterocycles. The Morgan fingerprint density at radius 3 is 3.06 bits per heavy atom. The summed E-state index contributed by atoms with van der Waals surface area (Å²) in [5, 5.41) is 2.77. The predicted octanol–water partition coefficient (Wildman–Crippen LogP) is 1.93. The number of nitrogens with one attached hydrogen (secondary N) is 1. The maximum absolute atomic E-state index is 11.9. The molecule has 1 amide bonds. The molecule has 0 saturated heterocycles. The van der Waals surface area contributed by atoms with Crippen molar-refractivity contribution in [2.75, 3.05) is 17.7 Å². The van der Waals surface area contributed by atoms with Crippen LogP contribution in [-0.2, 0) is 15.6 Å². The Morgan fingerprint density at radius 2 is 2.29 bits per heavy atom. The summed E-state index contributed by atoms with van der Waals surface area (Å²) in [6, 6.07) is 5.37. The highest BCUT2D eigenvalue weighted by Gasteiger charge is 2.21. The second-order valence-corrected chi connectivity index (χ2v) is 5.36. The van der Waals surface area contributed by atoms with Crippen molar-refractivity contribution in [2.24, 2.45) is 0 Å². The molecule has 4 nitrogen and oxygen atoms in total. The number of hydrogen-bond donors (Lipinski definition) is 1. The quantitative estimate of drug-likeness (QED) is 0.895. The fourth-order valence-electron chi connectivity index (χ4n) is 1.65. The summed E-state index contributed by atoms with van der Waals surface area (Å²) in [7, 11) is -1.13. The van der Waals surface area contributed by atoms with Gasteiger partial charge in [0.15, 0.2) is 0 Å². The third-order valence-corrected chi connectivity index (χ3v) is 3.88. The minimum absolute atomic E-state index is 0.107. The first-order valence-electron chi connectivity index (χ1n) is 5.66. The summed E-state index contributed by atoms with van der Waals surface area (Å²) in [5.41, 5.74) is 0.571. The molecule has 0 spiro atoms. The van der Waals surface area contributed by atoms with E-state index in [1.165, 1.54) is 0 Å². The van der Waals surface area contributed by atoms with Crippen molar-refractivity contribution in [3.63, 3.8) is 0 Å². The Labute approximate surface area is 103 Å². The van der Waals surface area contributed by atoms with Crippen LogP contribution in [0.15, 0.2) is 23.1 Å². The first-order chi connectivity index (χ1) is 8.22. The van der Waals surface area contributed by atoms with Gasteiger partial charge in [-0.25, -0.2) is 0 Å². The van der Waals surface area contributed by atoms with Crippen molar-refractivity contribution in [1.29, 1.82) is 0 Å². The van der Waals surface area contributed by atoms with Crippen molar-refractivity contribution < 1.29 is 13.7 Å². The molecule has 1 atom stereocenters. The predicted molar refractivity (Wildman–Crippen MR) is 66.8 cm³/mol. The molecule has 1 aliphatic rings. The van der Waals surface area contributed by atoms with Gasteiger partial charge in [-0.15, -0.1) is 0 Å². The van der Waals surface area contributed by atoms with Gasteiger partial charge < -0.3 is 10.1 Å². The van der Waals surface area contributed by atoms with Gasteiger partial charge in [-0.3, -0.25) is 9.00 Å². The zero-order chi connectivity index (χ0) is 12.3. The first-order valence-corrected chi connectivity index (χ1v) is 6.98. The standard InChI is InChI=1S/C12H15NO3S/c1-2-7-16-9-4-3-5-10-12(9)13-11(14)6-8-17(10)15/h3-5H,2,6-8H2,1H3,(H,13,14). The minimum atomic E-state index is -1.13. The highest BCUT2D eigenvalue weighted by atomic mass is 32.2. The average molecular weight is 253 g/mol. The van der Waals surface area contributed by atoms with Gasteiger partial charge in [-0.2, -0.15) is 0 Å². The highest BCUT2D eigenvalue weighted by molar-refractivity contribution is 7.85. The lowest BCUT2D eigenvalue weighted by Crippen LogP contribution is -2.11. The number of para-hydroxylation sites is 1. The van der Waals surface area contributed by atoms with Crippen molar-refractivity contribution in [2.45, 2.75) is 24.7 Å². The number of carbonyl (C=O) groups is 1. The molecule has 0 aromatic heterocycles. The van der Waals surface area contributed by atoms with Gasteiger partial charge in [-0.05, 0) is 18.6 Å².